The van der Waals surface area contributed by atoms with Crippen LogP contribution in [0.2, 0.25) is 5.15 Å². The SMILES string of the molecule is CNc1cc(C(=O)N2CC(O)C(O)C2)cc(Cl)n1. The molecule has 0 spiro atoms. The largest absolute Gasteiger partial charge is 0.388 e. The van der Waals surface area contributed by atoms with Crippen molar-refractivity contribution in [2.24, 2.45) is 0 Å². The number of aromatic nitrogens is 1. The molecule has 1 aromatic heterocycles. The fourth-order valence-electron chi connectivity index (χ4n) is 1.87. The molecule has 3 N–H and O–H groups in total. The molecule has 1 saturated heterocycles. The van der Waals surface area contributed by atoms with Crippen molar-refractivity contribution in [1.82, 2.24) is 9.88 Å². The lowest BCUT2D eigenvalue weighted by molar-refractivity contribution is 0.0572. The molecule has 2 heterocycles. The van der Waals surface area contributed by atoms with Crippen LogP contribution >= 0.6 is 11.6 Å². The van der Waals surface area contributed by atoms with Crippen LogP contribution in [0.15, 0.2) is 12.1 Å². The van der Waals surface area contributed by atoms with Crippen LogP contribution in [0, 0.1) is 0 Å². The van der Waals surface area contributed by atoms with Crippen LogP contribution in [0.3, 0.4) is 0 Å². The Morgan fingerprint density at radius 1 is 1.44 bits per heavy atom. The minimum atomic E-state index is -0.893. The molecule has 0 bridgehead atoms. The number of hydrogen-bond donors (Lipinski definition) is 3. The molecule has 0 radical (unpaired) electrons. The molecule has 98 valence electrons. The Kier molecular flexibility index (Phi) is 3.70. The number of β-amino-alcohol motifs (C(OH)–C–C–N with tert-alkyl or cyclic N) is 2. The van der Waals surface area contributed by atoms with Crippen LogP contribution in [-0.2, 0) is 0 Å². The highest BCUT2D eigenvalue weighted by atomic mass is 35.5. The molecule has 0 aliphatic carbocycles. The molecule has 2 atom stereocenters. The van der Waals surface area contributed by atoms with E-state index >= 15 is 0 Å². The third-order valence-electron chi connectivity index (χ3n) is 2.84. The Bertz CT molecular complexity index is 459. The smallest absolute Gasteiger partial charge is 0.254 e. The third kappa shape index (κ3) is 2.55. The molecule has 1 aliphatic heterocycles. The zero-order valence-corrected chi connectivity index (χ0v) is 10.6. The number of carbonyl (C=O) groups excluding carboxylic acids is 1. The maximum atomic E-state index is 12.1. The second kappa shape index (κ2) is 5.09. The topological polar surface area (TPSA) is 85.7 Å². The van der Waals surface area contributed by atoms with Gasteiger partial charge in [-0.05, 0) is 12.1 Å². The van der Waals surface area contributed by atoms with Crippen LogP contribution in [-0.4, -0.2) is 58.3 Å². The molecule has 1 aromatic rings. The molecule has 18 heavy (non-hydrogen) atoms. The minimum Gasteiger partial charge on any atom is -0.388 e. The number of halogens is 1. The summed E-state index contributed by atoms with van der Waals surface area (Å²) < 4.78 is 0. The fraction of sp³-hybridized carbons (Fsp3) is 0.455. The standard InChI is InChI=1S/C11H14ClN3O3/c1-13-10-3-6(2-9(12)14-10)11(18)15-4-7(16)8(17)5-15/h2-3,7-8,16-17H,4-5H2,1H3,(H,13,14). The first-order valence-corrected chi connectivity index (χ1v) is 5.90. The first-order chi connectivity index (χ1) is 8.51. The molecule has 0 aromatic carbocycles. The zero-order chi connectivity index (χ0) is 13.3. The van der Waals surface area contributed by atoms with Gasteiger partial charge in [0, 0.05) is 25.7 Å². The quantitative estimate of drug-likeness (QED) is 0.657. The Hall–Kier alpha value is -1.37. The second-order valence-corrected chi connectivity index (χ2v) is 4.55. The Morgan fingerprint density at radius 3 is 2.61 bits per heavy atom. The van der Waals surface area contributed by atoms with Gasteiger partial charge in [-0.3, -0.25) is 4.79 Å². The number of aliphatic hydroxyl groups is 2. The molecular weight excluding hydrogens is 258 g/mol. The zero-order valence-electron chi connectivity index (χ0n) is 9.80. The summed E-state index contributed by atoms with van der Waals surface area (Å²) in [5.41, 5.74) is 0.376. The van der Waals surface area contributed by atoms with Gasteiger partial charge in [-0.2, -0.15) is 0 Å². The molecule has 1 fully saturated rings. The van der Waals surface area contributed by atoms with Gasteiger partial charge in [0.1, 0.15) is 11.0 Å². The molecule has 6 nitrogen and oxygen atoms in total. The summed E-state index contributed by atoms with van der Waals surface area (Å²) in [4.78, 5) is 17.5. The van der Waals surface area contributed by atoms with E-state index in [1.807, 2.05) is 0 Å². The number of rotatable bonds is 2. The number of nitrogens with zero attached hydrogens (tertiary/aromatic N) is 2. The van der Waals surface area contributed by atoms with E-state index in [-0.39, 0.29) is 24.1 Å². The van der Waals surface area contributed by atoms with Gasteiger partial charge >= 0.3 is 0 Å². The number of hydrogen-bond acceptors (Lipinski definition) is 5. The van der Waals surface area contributed by atoms with E-state index < -0.39 is 12.2 Å². The highest BCUT2D eigenvalue weighted by Crippen LogP contribution is 2.18. The number of aliphatic hydroxyl groups excluding tert-OH is 2. The summed E-state index contributed by atoms with van der Waals surface area (Å²) in [6.07, 6.45) is -1.79. The highest BCUT2D eigenvalue weighted by Gasteiger charge is 2.33. The van der Waals surface area contributed by atoms with Crippen LogP contribution in [0.5, 0.6) is 0 Å². The van der Waals surface area contributed by atoms with Crippen LogP contribution in [0.4, 0.5) is 5.82 Å². The lowest BCUT2D eigenvalue weighted by Crippen LogP contribution is -2.29. The summed E-state index contributed by atoms with van der Waals surface area (Å²) in [6.45, 7) is 0.240. The number of carbonyl (C=O) groups is 1. The van der Waals surface area contributed by atoms with Crippen molar-refractivity contribution >= 4 is 23.3 Å². The van der Waals surface area contributed by atoms with E-state index in [0.717, 1.165) is 0 Å². The summed E-state index contributed by atoms with van der Waals surface area (Å²) >= 11 is 5.82. The van der Waals surface area contributed by atoms with Gasteiger partial charge < -0.3 is 20.4 Å². The van der Waals surface area contributed by atoms with Crippen LogP contribution < -0.4 is 5.32 Å². The van der Waals surface area contributed by atoms with E-state index in [4.69, 9.17) is 11.6 Å². The van der Waals surface area contributed by atoms with Gasteiger partial charge in [-0.1, -0.05) is 11.6 Å². The lowest BCUT2D eigenvalue weighted by Gasteiger charge is -2.15. The maximum Gasteiger partial charge on any atom is 0.254 e. The normalized spacial score (nSPS) is 23.2. The molecule has 7 heteroatoms. The number of nitrogens with one attached hydrogen (secondary N) is 1. The Morgan fingerprint density at radius 2 is 2.06 bits per heavy atom. The predicted octanol–water partition coefficient (Wildman–Crippen LogP) is -0.0457. The summed E-state index contributed by atoms with van der Waals surface area (Å²) in [5, 5.41) is 21.9. The van der Waals surface area contributed by atoms with E-state index in [9.17, 15) is 15.0 Å². The van der Waals surface area contributed by atoms with Gasteiger partial charge in [0.2, 0.25) is 0 Å². The average molecular weight is 272 g/mol. The monoisotopic (exact) mass is 271 g/mol. The summed E-state index contributed by atoms with van der Waals surface area (Å²) in [6, 6.07) is 3.03. The second-order valence-electron chi connectivity index (χ2n) is 4.16. The van der Waals surface area contributed by atoms with E-state index in [1.165, 1.54) is 11.0 Å². The first kappa shape index (κ1) is 13.1. The number of anilines is 1. The molecule has 2 rings (SSSR count). The van der Waals surface area contributed by atoms with Crippen molar-refractivity contribution in [2.75, 3.05) is 25.5 Å². The number of likely N-dealkylation sites (tertiary alicyclic amines) is 1. The van der Waals surface area contributed by atoms with E-state index in [2.05, 4.69) is 10.3 Å². The van der Waals surface area contributed by atoms with Gasteiger partial charge in [-0.25, -0.2) is 4.98 Å². The minimum absolute atomic E-state index is 0.120. The Balaban J connectivity index is 2.21. The average Bonchev–Trinajstić information content (AvgIpc) is 2.68. The van der Waals surface area contributed by atoms with Crippen molar-refractivity contribution in [3.05, 3.63) is 22.8 Å². The third-order valence-corrected chi connectivity index (χ3v) is 3.04. The molecule has 1 amide bonds. The van der Waals surface area contributed by atoms with Gasteiger partial charge in [-0.15, -0.1) is 0 Å². The maximum absolute atomic E-state index is 12.1. The molecule has 0 saturated carbocycles. The van der Waals surface area contributed by atoms with Crippen molar-refractivity contribution in [1.29, 1.82) is 0 Å². The van der Waals surface area contributed by atoms with Crippen LogP contribution in [0.1, 0.15) is 10.4 Å². The van der Waals surface area contributed by atoms with Gasteiger partial charge in [0.25, 0.3) is 5.91 Å². The van der Waals surface area contributed by atoms with E-state index in [1.54, 1.807) is 13.1 Å². The molecule has 1 aliphatic rings. The van der Waals surface area contributed by atoms with Gasteiger partial charge in [0.05, 0.1) is 12.2 Å². The summed E-state index contributed by atoms with van der Waals surface area (Å²) in [7, 11) is 1.68. The summed E-state index contributed by atoms with van der Waals surface area (Å²) in [5.74, 6) is 0.206. The van der Waals surface area contributed by atoms with Crippen molar-refractivity contribution < 1.29 is 15.0 Å². The number of pyridine rings is 1. The van der Waals surface area contributed by atoms with Gasteiger partial charge in [0.15, 0.2) is 0 Å². The molecular formula is C11H14ClN3O3. The lowest BCUT2D eigenvalue weighted by atomic mass is 10.2. The van der Waals surface area contributed by atoms with Crippen molar-refractivity contribution in [3.63, 3.8) is 0 Å². The molecule has 2 unspecified atom stereocenters. The highest BCUT2D eigenvalue weighted by molar-refractivity contribution is 6.29. The van der Waals surface area contributed by atoms with Crippen molar-refractivity contribution in [3.8, 4) is 0 Å². The fourth-order valence-corrected chi connectivity index (χ4v) is 2.07. The van der Waals surface area contributed by atoms with E-state index in [0.29, 0.717) is 11.4 Å². The Labute approximate surface area is 109 Å². The van der Waals surface area contributed by atoms with Crippen LogP contribution in [0.25, 0.3) is 0 Å². The number of amides is 1. The van der Waals surface area contributed by atoms with Crippen molar-refractivity contribution in [2.45, 2.75) is 12.2 Å². The predicted molar refractivity (Wildman–Crippen MR) is 66.7 cm³/mol. The first-order valence-electron chi connectivity index (χ1n) is 5.52.